The number of carbonyl (C=O) groups is 2. The van der Waals surface area contributed by atoms with Crippen LogP contribution in [0.5, 0.6) is 5.75 Å². The molecule has 1 aliphatic heterocycles. The summed E-state index contributed by atoms with van der Waals surface area (Å²) in [6.07, 6.45) is 3.99. The van der Waals surface area contributed by atoms with E-state index in [-0.39, 0.29) is 6.04 Å². The second-order valence-corrected chi connectivity index (χ2v) is 5.55. The molecule has 120 valence electrons. The van der Waals surface area contributed by atoms with Crippen LogP contribution in [0.2, 0.25) is 0 Å². The lowest BCUT2D eigenvalue weighted by Crippen LogP contribution is -2.49. The summed E-state index contributed by atoms with van der Waals surface area (Å²) < 4.78 is 5.24. The molecule has 5 nitrogen and oxygen atoms in total. The molecule has 2 amide bonds. The molecule has 1 N–H and O–H groups in total. The summed E-state index contributed by atoms with van der Waals surface area (Å²) in [6.45, 7) is 3.03. The molecule has 1 aliphatic rings. The van der Waals surface area contributed by atoms with Gasteiger partial charge in [0, 0.05) is 24.7 Å². The molecule has 0 aromatic heterocycles. The van der Waals surface area contributed by atoms with Crippen molar-refractivity contribution in [2.45, 2.75) is 45.2 Å². The van der Waals surface area contributed by atoms with E-state index in [0.29, 0.717) is 18.8 Å². The predicted octanol–water partition coefficient (Wildman–Crippen LogP) is 2.10. The Morgan fingerprint density at radius 3 is 2.82 bits per heavy atom. The normalized spacial score (nSPS) is 17.9. The Kier molecular flexibility index (Phi) is 5.81. The zero-order chi connectivity index (χ0) is 15.9. The molecule has 1 unspecified atom stereocenters. The molecular formula is C17H24N2O3. The predicted molar refractivity (Wildman–Crippen MR) is 84.5 cm³/mol. The number of methoxy groups -OCH3 is 1. The molecular weight excluding hydrogens is 280 g/mol. The maximum atomic E-state index is 12.3. The maximum Gasteiger partial charge on any atom is 0.312 e. The van der Waals surface area contributed by atoms with E-state index in [2.05, 4.69) is 12.2 Å². The highest BCUT2D eigenvalue weighted by Crippen LogP contribution is 2.20. The van der Waals surface area contributed by atoms with Crippen molar-refractivity contribution in [3.05, 3.63) is 29.8 Å². The molecule has 0 aliphatic carbocycles. The number of hydrogen-bond donors (Lipinski definition) is 1. The van der Waals surface area contributed by atoms with Crippen LogP contribution in [0.1, 0.15) is 38.2 Å². The van der Waals surface area contributed by atoms with Crippen LogP contribution >= 0.6 is 0 Å². The molecule has 1 atom stereocenters. The first kappa shape index (κ1) is 16.3. The molecule has 1 fully saturated rings. The zero-order valence-corrected chi connectivity index (χ0v) is 13.3. The number of benzene rings is 1. The first-order valence-electron chi connectivity index (χ1n) is 7.88. The molecule has 0 radical (unpaired) electrons. The average molecular weight is 304 g/mol. The highest BCUT2D eigenvalue weighted by Gasteiger charge is 2.29. The van der Waals surface area contributed by atoms with Crippen LogP contribution in [-0.4, -0.2) is 36.4 Å². The third-order valence-corrected chi connectivity index (χ3v) is 4.19. The lowest BCUT2D eigenvalue weighted by atomic mass is 10.00. The standard InChI is InChI=1S/C17H24N2O3/c1-3-14-9-6-7-11-19(14)17(21)16(20)18-12-13-8-4-5-10-15(13)22-2/h4-5,8,10,14H,3,6-7,9,11-12H2,1-2H3,(H,18,20). The second-order valence-electron chi connectivity index (χ2n) is 5.55. The van der Waals surface area contributed by atoms with Crippen molar-refractivity contribution >= 4 is 11.8 Å². The first-order chi connectivity index (χ1) is 10.7. The van der Waals surface area contributed by atoms with Gasteiger partial charge in [-0.3, -0.25) is 9.59 Å². The largest absolute Gasteiger partial charge is 0.496 e. The maximum absolute atomic E-state index is 12.3. The number of rotatable bonds is 4. The van der Waals surface area contributed by atoms with E-state index in [4.69, 9.17) is 4.74 Å². The third kappa shape index (κ3) is 3.78. The van der Waals surface area contributed by atoms with Gasteiger partial charge < -0.3 is 15.0 Å². The number of amides is 2. The molecule has 0 bridgehead atoms. The van der Waals surface area contributed by atoms with Gasteiger partial charge in [0.15, 0.2) is 0 Å². The Labute approximate surface area is 131 Å². The van der Waals surface area contributed by atoms with Gasteiger partial charge in [0.25, 0.3) is 0 Å². The van der Waals surface area contributed by atoms with E-state index in [9.17, 15) is 9.59 Å². The lowest BCUT2D eigenvalue weighted by Gasteiger charge is -2.34. The molecule has 22 heavy (non-hydrogen) atoms. The Bertz CT molecular complexity index is 530. The number of carbonyl (C=O) groups excluding carboxylic acids is 2. The minimum atomic E-state index is -0.536. The van der Waals surface area contributed by atoms with Gasteiger partial charge in [-0.15, -0.1) is 0 Å². The van der Waals surface area contributed by atoms with Crippen LogP contribution < -0.4 is 10.1 Å². The van der Waals surface area contributed by atoms with Crippen LogP contribution in [0.3, 0.4) is 0 Å². The molecule has 2 rings (SSSR count). The SMILES string of the molecule is CCC1CCCCN1C(=O)C(=O)NCc1ccccc1OC. The van der Waals surface area contributed by atoms with Crippen LogP contribution in [0.15, 0.2) is 24.3 Å². The molecule has 1 aromatic carbocycles. The van der Waals surface area contributed by atoms with Crippen molar-refractivity contribution < 1.29 is 14.3 Å². The second kappa shape index (κ2) is 7.82. The molecule has 1 heterocycles. The number of hydrogen-bond acceptors (Lipinski definition) is 3. The van der Waals surface area contributed by atoms with Gasteiger partial charge in [0.1, 0.15) is 5.75 Å². The van der Waals surface area contributed by atoms with Gasteiger partial charge in [-0.2, -0.15) is 0 Å². The molecule has 0 saturated carbocycles. The van der Waals surface area contributed by atoms with Gasteiger partial charge in [0.05, 0.1) is 7.11 Å². The van der Waals surface area contributed by atoms with Crippen molar-refractivity contribution in [3.8, 4) is 5.75 Å². The van der Waals surface area contributed by atoms with Crippen molar-refractivity contribution in [1.29, 1.82) is 0 Å². The fraction of sp³-hybridized carbons (Fsp3) is 0.529. The van der Waals surface area contributed by atoms with E-state index < -0.39 is 11.8 Å². The number of nitrogens with zero attached hydrogens (tertiary/aromatic N) is 1. The Morgan fingerprint density at radius 2 is 2.09 bits per heavy atom. The quantitative estimate of drug-likeness (QED) is 0.867. The van der Waals surface area contributed by atoms with Gasteiger partial charge in [-0.05, 0) is 31.7 Å². The van der Waals surface area contributed by atoms with Crippen LogP contribution in [0.25, 0.3) is 0 Å². The summed E-state index contributed by atoms with van der Waals surface area (Å²) >= 11 is 0. The Balaban J connectivity index is 1.95. The zero-order valence-electron chi connectivity index (χ0n) is 13.3. The third-order valence-electron chi connectivity index (χ3n) is 4.19. The van der Waals surface area contributed by atoms with Crippen LogP contribution in [-0.2, 0) is 16.1 Å². The number of para-hydroxylation sites is 1. The van der Waals surface area contributed by atoms with Crippen LogP contribution in [0, 0.1) is 0 Å². The molecule has 0 spiro atoms. The summed E-state index contributed by atoms with van der Waals surface area (Å²) in [6, 6.07) is 7.65. The lowest BCUT2D eigenvalue weighted by molar-refractivity contribution is -0.148. The van der Waals surface area contributed by atoms with Crippen molar-refractivity contribution in [1.82, 2.24) is 10.2 Å². The smallest absolute Gasteiger partial charge is 0.312 e. The Hall–Kier alpha value is -2.04. The topological polar surface area (TPSA) is 58.6 Å². The van der Waals surface area contributed by atoms with E-state index in [1.165, 1.54) is 0 Å². The van der Waals surface area contributed by atoms with Gasteiger partial charge in [-0.1, -0.05) is 25.1 Å². The number of likely N-dealkylation sites (tertiary alicyclic amines) is 1. The highest BCUT2D eigenvalue weighted by molar-refractivity contribution is 6.35. The average Bonchev–Trinajstić information content (AvgIpc) is 2.59. The summed E-state index contributed by atoms with van der Waals surface area (Å²) in [5, 5.41) is 2.71. The molecule has 1 aromatic rings. The van der Waals surface area contributed by atoms with Crippen molar-refractivity contribution in [2.24, 2.45) is 0 Å². The van der Waals surface area contributed by atoms with E-state index in [1.54, 1.807) is 12.0 Å². The molecule has 1 saturated heterocycles. The minimum absolute atomic E-state index is 0.193. The minimum Gasteiger partial charge on any atom is -0.496 e. The van der Waals surface area contributed by atoms with Gasteiger partial charge in [-0.25, -0.2) is 0 Å². The van der Waals surface area contributed by atoms with Crippen molar-refractivity contribution in [3.63, 3.8) is 0 Å². The van der Waals surface area contributed by atoms with E-state index in [1.807, 2.05) is 24.3 Å². The number of ether oxygens (including phenoxy) is 1. The summed E-state index contributed by atoms with van der Waals surface area (Å²) in [4.78, 5) is 26.2. The number of nitrogens with one attached hydrogen (secondary N) is 1. The summed E-state index contributed by atoms with van der Waals surface area (Å²) in [7, 11) is 1.59. The monoisotopic (exact) mass is 304 g/mol. The summed E-state index contributed by atoms with van der Waals surface area (Å²) in [5.74, 6) is -0.243. The van der Waals surface area contributed by atoms with Crippen molar-refractivity contribution in [2.75, 3.05) is 13.7 Å². The fourth-order valence-corrected chi connectivity index (χ4v) is 2.92. The van der Waals surface area contributed by atoms with E-state index in [0.717, 1.165) is 31.2 Å². The fourth-order valence-electron chi connectivity index (χ4n) is 2.92. The van der Waals surface area contributed by atoms with E-state index >= 15 is 0 Å². The van der Waals surface area contributed by atoms with Crippen LogP contribution in [0.4, 0.5) is 0 Å². The van der Waals surface area contributed by atoms with Gasteiger partial charge >= 0.3 is 11.8 Å². The molecule has 5 heteroatoms. The number of piperidine rings is 1. The van der Waals surface area contributed by atoms with Gasteiger partial charge in [0.2, 0.25) is 0 Å². The Morgan fingerprint density at radius 1 is 1.32 bits per heavy atom. The first-order valence-corrected chi connectivity index (χ1v) is 7.88. The summed E-state index contributed by atoms with van der Waals surface area (Å²) in [5.41, 5.74) is 0.858. The highest BCUT2D eigenvalue weighted by atomic mass is 16.5.